The second kappa shape index (κ2) is 6.79. The molecule has 1 spiro atoms. The number of fused-ring (bicyclic) bond motifs is 1. The van der Waals surface area contributed by atoms with Crippen molar-refractivity contribution in [2.45, 2.75) is 32.5 Å². The minimum atomic E-state index is -0.423. The van der Waals surface area contributed by atoms with E-state index >= 15 is 0 Å². The second-order valence-electron chi connectivity index (χ2n) is 7.41. The Labute approximate surface area is 171 Å². The highest BCUT2D eigenvalue weighted by Crippen LogP contribution is 2.38. The molecule has 0 unspecified atom stereocenters. The van der Waals surface area contributed by atoms with Crippen LogP contribution in [0.3, 0.4) is 0 Å². The Morgan fingerprint density at radius 1 is 1.04 bits per heavy atom. The average Bonchev–Trinajstić information content (AvgIpc) is 3.31. The van der Waals surface area contributed by atoms with E-state index in [4.69, 9.17) is 19.0 Å². The SMILES string of the molecule is Cc1cc(Br)c2nc(N3CCC4(CC3)OCCO4)c(-c3noc(C)n3)cc2c1. The molecular weight excluding hydrogens is 424 g/mol. The van der Waals surface area contributed by atoms with Gasteiger partial charge in [0.05, 0.1) is 24.3 Å². The number of aryl methyl sites for hydroxylation is 2. The molecule has 0 N–H and O–H groups in total. The lowest BCUT2D eigenvalue weighted by Crippen LogP contribution is -2.45. The Morgan fingerprint density at radius 3 is 2.46 bits per heavy atom. The maximum Gasteiger partial charge on any atom is 0.223 e. The first-order chi connectivity index (χ1) is 13.5. The lowest BCUT2D eigenvalue weighted by Gasteiger charge is -2.38. The van der Waals surface area contributed by atoms with Gasteiger partial charge in [-0.15, -0.1) is 0 Å². The van der Waals surface area contributed by atoms with Crippen LogP contribution in [0.5, 0.6) is 0 Å². The van der Waals surface area contributed by atoms with Crippen LogP contribution in [0, 0.1) is 13.8 Å². The summed E-state index contributed by atoms with van der Waals surface area (Å²) >= 11 is 3.67. The molecule has 4 heterocycles. The van der Waals surface area contributed by atoms with Crippen molar-refractivity contribution in [3.8, 4) is 11.4 Å². The molecule has 2 aromatic heterocycles. The molecule has 0 aliphatic carbocycles. The highest BCUT2D eigenvalue weighted by Gasteiger charge is 2.40. The van der Waals surface area contributed by atoms with E-state index in [0.717, 1.165) is 52.7 Å². The Kier molecular flexibility index (Phi) is 4.37. The van der Waals surface area contributed by atoms with Gasteiger partial charge in [0.2, 0.25) is 11.7 Å². The van der Waals surface area contributed by atoms with E-state index in [0.29, 0.717) is 24.9 Å². The third kappa shape index (κ3) is 3.09. The van der Waals surface area contributed by atoms with Crippen LogP contribution in [0.4, 0.5) is 5.82 Å². The number of benzene rings is 1. The molecule has 0 bridgehead atoms. The molecule has 3 aromatic rings. The molecule has 28 heavy (non-hydrogen) atoms. The van der Waals surface area contributed by atoms with E-state index in [1.165, 1.54) is 5.56 Å². The normalized spacial score (nSPS) is 19.0. The largest absolute Gasteiger partial charge is 0.356 e. The van der Waals surface area contributed by atoms with Crippen LogP contribution in [-0.4, -0.2) is 47.2 Å². The van der Waals surface area contributed by atoms with Gasteiger partial charge in [0.15, 0.2) is 5.79 Å². The highest BCUT2D eigenvalue weighted by atomic mass is 79.9. The number of ether oxygens (including phenoxy) is 2. The molecule has 5 rings (SSSR count). The first kappa shape index (κ1) is 18.0. The molecule has 0 saturated carbocycles. The van der Waals surface area contributed by atoms with Gasteiger partial charge in [-0.1, -0.05) is 5.16 Å². The van der Waals surface area contributed by atoms with Crippen LogP contribution in [-0.2, 0) is 9.47 Å². The fourth-order valence-electron chi connectivity index (χ4n) is 4.03. The van der Waals surface area contributed by atoms with Crippen LogP contribution in [0.2, 0.25) is 0 Å². The van der Waals surface area contributed by atoms with Crippen LogP contribution in [0.1, 0.15) is 24.3 Å². The van der Waals surface area contributed by atoms with E-state index in [9.17, 15) is 0 Å². The van der Waals surface area contributed by atoms with Crippen molar-refractivity contribution in [3.05, 3.63) is 34.1 Å². The Balaban J connectivity index is 1.60. The number of aromatic nitrogens is 3. The first-order valence-corrected chi connectivity index (χ1v) is 10.3. The highest BCUT2D eigenvalue weighted by molar-refractivity contribution is 9.10. The summed E-state index contributed by atoms with van der Waals surface area (Å²) < 4.78 is 18.0. The van der Waals surface area contributed by atoms with Crippen molar-refractivity contribution in [2.24, 2.45) is 0 Å². The zero-order valence-corrected chi connectivity index (χ0v) is 17.5. The van der Waals surface area contributed by atoms with Crippen molar-refractivity contribution in [1.29, 1.82) is 0 Å². The molecule has 2 aliphatic rings. The van der Waals surface area contributed by atoms with E-state index in [1.807, 2.05) is 0 Å². The zero-order chi connectivity index (χ0) is 19.3. The van der Waals surface area contributed by atoms with Crippen LogP contribution >= 0.6 is 15.9 Å². The maximum absolute atomic E-state index is 5.87. The lowest BCUT2D eigenvalue weighted by molar-refractivity contribution is -0.169. The van der Waals surface area contributed by atoms with Crippen molar-refractivity contribution >= 4 is 32.7 Å². The molecule has 2 fully saturated rings. The monoisotopic (exact) mass is 444 g/mol. The molecule has 1 aromatic carbocycles. The van der Waals surface area contributed by atoms with Crippen molar-refractivity contribution in [1.82, 2.24) is 15.1 Å². The van der Waals surface area contributed by atoms with Gasteiger partial charge in [0.25, 0.3) is 0 Å². The Morgan fingerprint density at radius 2 is 1.79 bits per heavy atom. The lowest BCUT2D eigenvalue weighted by atomic mass is 10.0. The molecule has 7 nitrogen and oxygen atoms in total. The molecule has 0 atom stereocenters. The van der Waals surface area contributed by atoms with Crippen molar-refractivity contribution in [2.75, 3.05) is 31.2 Å². The Bertz CT molecular complexity index is 1040. The minimum absolute atomic E-state index is 0.423. The third-order valence-electron chi connectivity index (χ3n) is 5.40. The minimum Gasteiger partial charge on any atom is -0.356 e. The summed E-state index contributed by atoms with van der Waals surface area (Å²) in [5.41, 5.74) is 2.98. The summed E-state index contributed by atoms with van der Waals surface area (Å²) in [5.74, 6) is 1.55. The molecule has 0 radical (unpaired) electrons. The fraction of sp³-hybridized carbons (Fsp3) is 0.450. The van der Waals surface area contributed by atoms with Gasteiger partial charge < -0.3 is 18.9 Å². The zero-order valence-electron chi connectivity index (χ0n) is 15.9. The standard InChI is InChI=1S/C20H21BrN4O3/c1-12-9-14-11-15(18-22-13(2)28-24-18)19(23-17(14)16(21)10-12)25-5-3-20(4-6-25)26-7-8-27-20/h9-11H,3-8H2,1-2H3. The van der Waals surface area contributed by atoms with E-state index in [-0.39, 0.29) is 0 Å². The third-order valence-corrected chi connectivity index (χ3v) is 6.01. The number of anilines is 1. The van der Waals surface area contributed by atoms with Crippen LogP contribution in [0.15, 0.2) is 27.2 Å². The van der Waals surface area contributed by atoms with Gasteiger partial charge in [0, 0.05) is 42.7 Å². The number of halogens is 1. The Hall–Kier alpha value is -2.03. The first-order valence-electron chi connectivity index (χ1n) is 9.47. The number of nitrogens with zero attached hydrogens (tertiary/aromatic N) is 4. The van der Waals surface area contributed by atoms with E-state index in [2.05, 4.69) is 56.1 Å². The van der Waals surface area contributed by atoms with Crippen molar-refractivity contribution < 1.29 is 14.0 Å². The number of piperidine rings is 1. The van der Waals surface area contributed by atoms with E-state index < -0.39 is 5.79 Å². The molecule has 0 amide bonds. The topological polar surface area (TPSA) is 73.5 Å². The fourth-order valence-corrected chi connectivity index (χ4v) is 4.71. The summed E-state index contributed by atoms with van der Waals surface area (Å²) in [4.78, 5) is 11.7. The number of hydrogen-bond donors (Lipinski definition) is 0. The number of hydrogen-bond acceptors (Lipinski definition) is 7. The smallest absolute Gasteiger partial charge is 0.223 e. The van der Waals surface area contributed by atoms with Gasteiger partial charge in [-0.25, -0.2) is 4.98 Å². The van der Waals surface area contributed by atoms with Crippen LogP contribution in [0.25, 0.3) is 22.3 Å². The van der Waals surface area contributed by atoms with Crippen molar-refractivity contribution in [3.63, 3.8) is 0 Å². The van der Waals surface area contributed by atoms with Gasteiger partial charge >= 0.3 is 0 Å². The molecular formula is C20H21BrN4O3. The average molecular weight is 445 g/mol. The van der Waals surface area contributed by atoms with Gasteiger partial charge in [-0.05, 0) is 46.6 Å². The molecule has 8 heteroatoms. The summed E-state index contributed by atoms with van der Waals surface area (Å²) in [6.45, 7) is 6.81. The predicted molar refractivity (Wildman–Crippen MR) is 108 cm³/mol. The van der Waals surface area contributed by atoms with Gasteiger partial charge in [0.1, 0.15) is 5.82 Å². The molecule has 146 valence electrons. The molecule has 2 aliphatic heterocycles. The quantitative estimate of drug-likeness (QED) is 0.590. The number of pyridine rings is 1. The summed E-state index contributed by atoms with van der Waals surface area (Å²) in [6.07, 6.45) is 1.62. The predicted octanol–water partition coefficient (Wildman–Crippen LogP) is 4.01. The van der Waals surface area contributed by atoms with E-state index in [1.54, 1.807) is 6.92 Å². The van der Waals surface area contributed by atoms with Gasteiger partial charge in [-0.3, -0.25) is 0 Å². The van der Waals surface area contributed by atoms with Gasteiger partial charge in [-0.2, -0.15) is 4.98 Å². The molecule has 2 saturated heterocycles. The summed E-state index contributed by atoms with van der Waals surface area (Å²) in [6, 6.07) is 6.31. The second-order valence-corrected chi connectivity index (χ2v) is 8.26. The number of rotatable bonds is 2. The maximum atomic E-state index is 5.87. The van der Waals surface area contributed by atoms with Crippen LogP contribution < -0.4 is 4.90 Å². The summed E-state index contributed by atoms with van der Waals surface area (Å²) in [7, 11) is 0. The summed E-state index contributed by atoms with van der Waals surface area (Å²) in [5, 5.41) is 5.20.